The van der Waals surface area contributed by atoms with E-state index in [2.05, 4.69) is 6.92 Å². The lowest BCUT2D eigenvalue weighted by Gasteiger charge is -2.18. The zero-order valence-corrected chi connectivity index (χ0v) is 10.5. The molecule has 1 aliphatic heterocycles. The predicted octanol–water partition coefficient (Wildman–Crippen LogP) is 4.54. The molecule has 0 bridgehead atoms. The van der Waals surface area contributed by atoms with E-state index in [-0.39, 0.29) is 0 Å². The summed E-state index contributed by atoms with van der Waals surface area (Å²) in [6, 6.07) is 0. The van der Waals surface area contributed by atoms with E-state index in [1.54, 1.807) is 0 Å². The van der Waals surface area contributed by atoms with Gasteiger partial charge in [0.1, 0.15) is 0 Å². The molecule has 0 atom stereocenters. The molecule has 1 aliphatic rings. The quantitative estimate of drug-likeness (QED) is 0.422. The van der Waals surface area contributed by atoms with Crippen molar-refractivity contribution in [3.8, 4) is 0 Å². The number of rotatable bonds is 8. The normalized spacial score (nSPS) is 17.0. The van der Waals surface area contributed by atoms with Gasteiger partial charge in [-0.15, -0.1) is 0 Å². The topological polar surface area (TPSA) is 9.23 Å². The van der Waals surface area contributed by atoms with E-state index < -0.39 is 0 Å². The zero-order valence-electron chi connectivity index (χ0n) is 10.5. The van der Waals surface area contributed by atoms with Gasteiger partial charge in [0, 0.05) is 6.61 Å². The number of hydrogen-bond donors (Lipinski definition) is 0. The highest BCUT2D eigenvalue weighted by Gasteiger charge is 2.18. The Hall–Kier alpha value is 0.0249. The van der Waals surface area contributed by atoms with Gasteiger partial charge >= 0.3 is 0 Å². The second-order valence-corrected chi connectivity index (χ2v) is 4.90. The molecule has 15 heavy (non-hydrogen) atoms. The first-order valence-electron chi connectivity index (χ1n) is 7.05. The molecule has 0 aliphatic carbocycles. The van der Waals surface area contributed by atoms with Gasteiger partial charge in [-0.2, -0.15) is 0 Å². The molecule has 1 nitrogen and oxygen atoms in total. The van der Waals surface area contributed by atoms with Gasteiger partial charge in [0.05, 0.1) is 0 Å². The lowest BCUT2D eigenvalue weighted by atomic mass is 9.56. The van der Waals surface area contributed by atoms with Crippen molar-refractivity contribution >= 4 is 6.92 Å². The van der Waals surface area contributed by atoms with E-state index in [0.717, 1.165) is 6.61 Å². The maximum atomic E-state index is 5.89. The van der Waals surface area contributed by atoms with Crippen LogP contribution in [0.5, 0.6) is 0 Å². The first kappa shape index (κ1) is 13.1. The largest absolute Gasteiger partial charge is 0.436 e. The van der Waals surface area contributed by atoms with Crippen molar-refractivity contribution in [2.24, 2.45) is 0 Å². The standard InChI is InChI=1S/C13H27BO/c1-2-3-4-5-6-10-13-15-14-11-8-7-9-12-14/h2-13H2,1H3. The molecule has 0 aromatic carbocycles. The minimum absolute atomic E-state index is 0.606. The number of unbranched alkanes of at least 4 members (excludes halogenated alkanes) is 5. The maximum absolute atomic E-state index is 5.89. The molecule has 0 unspecified atom stereocenters. The monoisotopic (exact) mass is 210 g/mol. The Kier molecular flexibility index (Phi) is 8.09. The van der Waals surface area contributed by atoms with Crippen LogP contribution in [-0.2, 0) is 4.65 Å². The van der Waals surface area contributed by atoms with Crippen LogP contribution in [0.1, 0.15) is 64.7 Å². The summed E-state index contributed by atoms with van der Waals surface area (Å²) in [6.45, 7) is 3.89. The summed E-state index contributed by atoms with van der Waals surface area (Å²) < 4.78 is 5.89. The van der Waals surface area contributed by atoms with Crippen LogP contribution in [-0.4, -0.2) is 13.5 Å². The molecule has 0 spiro atoms. The molecule has 88 valence electrons. The Balaban J connectivity index is 1.79. The summed E-state index contributed by atoms with van der Waals surface area (Å²) in [6.07, 6.45) is 15.1. The van der Waals surface area contributed by atoms with E-state index in [9.17, 15) is 0 Å². The van der Waals surface area contributed by atoms with Crippen LogP contribution < -0.4 is 0 Å². The fraction of sp³-hybridized carbons (Fsp3) is 1.00. The molecular weight excluding hydrogens is 183 g/mol. The van der Waals surface area contributed by atoms with Crippen molar-refractivity contribution < 1.29 is 4.65 Å². The molecule has 0 saturated carbocycles. The van der Waals surface area contributed by atoms with Gasteiger partial charge in [0.2, 0.25) is 0 Å². The average molecular weight is 210 g/mol. The first-order valence-corrected chi connectivity index (χ1v) is 7.05. The smallest absolute Gasteiger partial charge is 0.293 e. The number of hydrogen-bond acceptors (Lipinski definition) is 1. The summed E-state index contributed by atoms with van der Waals surface area (Å²) in [5.41, 5.74) is 0. The van der Waals surface area contributed by atoms with Crippen molar-refractivity contribution in [2.45, 2.75) is 77.4 Å². The summed E-state index contributed by atoms with van der Waals surface area (Å²) in [4.78, 5) is 0. The summed E-state index contributed by atoms with van der Waals surface area (Å²) >= 11 is 0. The molecule has 2 heteroatoms. The lowest BCUT2D eigenvalue weighted by Crippen LogP contribution is -2.21. The van der Waals surface area contributed by atoms with Crippen molar-refractivity contribution in [3.05, 3.63) is 0 Å². The fourth-order valence-corrected chi connectivity index (χ4v) is 2.36. The van der Waals surface area contributed by atoms with E-state index in [1.165, 1.54) is 70.4 Å². The van der Waals surface area contributed by atoms with Crippen LogP contribution in [0.4, 0.5) is 0 Å². The Morgan fingerprint density at radius 2 is 1.53 bits per heavy atom. The van der Waals surface area contributed by atoms with Gasteiger partial charge in [0.25, 0.3) is 6.92 Å². The van der Waals surface area contributed by atoms with Crippen LogP contribution >= 0.6 is 0 Å². The summed E-state index contributed by atoms with van der Waals surface area (Å²) in [5, 5.41) is 0. The average Bonchev–Trinajstić information content (AvgIpc) is 2.29. The van der Waals surface area contributed by atoms with Crippen LogP contribution in [0.3, 0.4) is 0 Å². The molecular formula is C13H27BO. The highest BCUT2D eigenvalue weighted by Crippen LogP contribution is 2.19. The minimum atomic E-state index is 0.606. The molecule has 0 aromatic rings. The highest BCUT2D eigenvalue weighted by molar-refractivity contribution is 6.52. The molecule has 1 rings (SSSR count). The molecule has 1 fully saturated rings. The van der Waals surface area contributed by atoms with E-state index in [0.29, 0.717) is 6.92 Å². The van der Waals surface area contributed by atoms with Gasteiger partial charge < -0.3 is 4.65 Å². The van der Waals surface area contributed by atoms with Crippen molar-refractivity contribution in [1.29, 1.82) is 0 Å². The third kappa shape index (κ3) is 7.00. The van der Waals surface area contributed by atoms with Gasteiger partial charge in [-0.1, -0.05) is 58.3 Å². The maximum Gasteiger partial charge on any atom is 0.293 e. The first-order chi connectivity index (χ1) is 7.43. The van der Waals surface area contributed by atoms with Crippen LogP contribution in [0, 0.1) is 0 Å². The molecule has 0 radical (unpaired) electrons. The van der Waals surface area contributed by atoms with Crippen LogP contribution in [0.15, 0.2) is 0 Å². The van der Waals surface area contributed by atoms with E-state index in [4.69, 9.17) is 4.65 Å². The summed E-state index contributed by atoms with van der Waals surface area (Å²) in [5.74, 6) is 0. The Labute approximate surface area is 96.1 Å². The van der Waals surface area contributed by atoms with Crippen molar-refractivity contribution in [1.82, 2.24) is 0 Å². The SMILES string of the molecule is CCCCCCCCOB1CCCCC1. The third-order valence-electron chi connectivity index (χ3n) is 3.40. The fourth-order valence-electron chi connectivity index (χ4n) is 2.36. The van der Waals surface area contributed by atoms with Crippen LogP contribution in [0.2, 0.25) is 12.6 Å². The molecule has 1 saturated heterocycles. The van der Waals surface area contributed by atoms with E-state index in [1.807, 2.05) is 0 Å². The molecule has 1 heterocycles. The van der Waals surface area contributed by atoms with Gasteiger partial charge in [0.15, 0.2) is 0 Å². The van der Waals surface area contributed by atoms with Gasteiger partial charge in [-0.05, 0) is 19.1 Å². The van der Waals surface area contributed by atoms with E-state index >= 15 is 0 Å². The Morgan fingerprint density at radius 3 is 2.27 bits per heavy atom. The Bertz CT molecular complexity index is 132. The lowest BCUT2D eigenvalue weighted by molar-refractivity contribution is 0.299. The van der Waals surface area contributed by atoms with Crippen molar-refractivity contribution in [2.75, 3.05) is 6.61 Å². The molecule has 0 amide bonds. The Morgan fingerprint density at radius 1 is 0.867 bits per heavy atom. The third-order valence-corrected chi connectivity index (χ3v) is 3.40. The highest BCUT2D eigenvalue weighted by atomic mass is 16.4. The van der Waals surface area contributed by atoms with Gasteiger partial charge in [-0.25, -0.2) is 0 Å². The molecule has 0 aromatic heterocycles. The van der Waals surface area contributed by atoms with Gasteiger partial charge in [-0.3, -0.25) is 0 Å². The predicted molar refractivity (Wildman–Crippen MR) is 68.5 cm³/mol. The minimum Gasteiger partial charge on any atom is -0.436 e. The second-order valence-electron chi connectivity index (χ2n) is 4.90. The summed E-state index contributed by atoms with van der Waals surface area (Å²) in [7, 11) is 0. The second kappa shape index (κ2) is 9.27. The zero-order chi connectivity index (χ0) is 10.8. The molecule has 0 N–H and O–H groups in total. The van der Waals surface area contributed by atoms with Crippen molar-refractivity contribution in [3.63, 3.8) is 0 Å². The van der Waals surface area contributed by atoms with Crippen LogP contribution in [0.25, 0.3) is 0 Å².